The van der Waals surface area contributed by atoms with Crippen molar-refractivity contribution < 1.29 is 14.9 Å². The number of benzene rings is 2. The van der Waals surface area contributed by atoms with Crippen molar-refractivity contribution in [2.75, 3.05) is 13.7 Å². The van der Waals surface area contributed by atoms with Crippen LogP contribution in [0.3, 0.4) is 0 Å². The molecule has 0 aliphatic rings. The van der Waals surface area contributed by atoms with Crippen LogP contribution in [0.15, 0.2) is 54.6 Å². The maximum Gasteiger partial charge on any atom is 0.138 e. The SMILES string of the molecule is COc1ccc([C@@](O)(CO)c2ccccc2)cc1. The second-order valence-corrected chi connectivity index (χ2v) is 4.11. The van der Waals surface area contributed by atoms with E-state index in [4.69, 9.17) is 4.74 Å². The summed E-state index contributed by atoms with van der Waals surface area (Å²) < 4.78 is 5.08. The number of aliphatic hydroxyl groups excluding tert-OH is 1. The number of methoxy groups -OCH3 is 1. The van der Waals surface area contributed by atoms with Crippen LogP contribution in [0.4, 0.5) is 0 Å². The minimum absolute atomic E-state index is 0.372. The third-order valence-corrected chi connectivity index (χ3v) is 3.05. The van der Waals surface area contributed by atoms with Gasteiger partial charge in [0.2, 0.25) is 0 Å². The van der Waals surface area contributed by atoms with Crippen molar-refractivity contribution in [2.45, 2.75) is 5.60 Å². The highest BCUT2D eigenvalue weighted by atomic mass is 16.5. The van der Waals surface area contributed by atoms with E-state index in [2.05, 4.69) is 0 Å². The molecule has 2 N–H and O–H groups in total. The van der Waals surface area contributed by atoms with Gasteiger partial charge >= 0.3 is 0 Å². The zero-order valence-electron chi connectivity index (χ0n) is 10.2. The van der Waals surface area contributed by atoms with Crippen molar-refractivity contribution in [3.05, 3.63) is 65.7 Å². The first-order valence-electron chi connectivity index (χ1n) is 5.74. The van der Waals surface area contributed by atoms with Gasteiger partial charge in [0.25, 0.3) is 0 Å². The molecule has 0 spiro atoms. The van der Waals surface area contributed by atoms with Crippen molar-refractivity contribution in [2.24, 2.45) is 0 Å². The van der Waals surface area contributed by atoms with E-state index in [1.165, 1.54) is 0 Å². The lowest BCUT2D eigenvalue weighted by Crippen LogP contribution is -2.31. The third-order valence-electron chi connectivity index (χ3n) is 3.05. The first kappa shape index (κ1) is 12.6. The van der Waals surface area contributed by atoms with Crippen LogP contribution >= 0.6 is 0 Å². The summed E-state index contributed by atoms with van der Waals surface area (Å²) >= 11 is 0. The summed E-state index contributed by atoms with van der Waals surface area (Å²) in [6.45, 7) is -0.372. The van der Waals surface area contributed by atoms with Crippen LogP contribution < -0.4 is 4.74 Å². The van der Waals surface area contributed by atoms with Gasteiger partial charge in [-0.15, -0.1) is 0 Å². The Hall–Kier alpha value is -1.84. The van der Waals surface area contributed by atoms with Gasteiger partial charge in [0, 0.05) is 0 Å². The lowest BCUT2D eigenvalue weighted by atomic mass is 9.87. The molecule has 94 valence electrons. The van der Waals surface area contributed by atoms with Crippen molar-refractivity contribution in [3.8, 4) is 5.75 Å². The van der Waals surface area contributed by atoms with E-state index in [1.807, 2.05) is 18.2 Å². The lowest BCUT2D eigenvalue weighted by molar-refractivity contribution is 0.0172. The highest BCUT2D eigenvalue weighted by Crippen LogP contribution is 2.30. The number of aliphatic hydroxyl groups is 2. The summed E-state index contributed by atoms with van der Waals surface area (Å²) in [4.78, 5) is 0. The van der Waals surface area contributed by atoms with E-state index in [0.29, 0.717) is 16.9 Å². The van der Waals surface area contributed by atoms with Crippen LogP contribution in [-0.2, 0) is 5.60 Å². The van der Waals surface area contributed by atoms with E-state index >= 15 is 0 Å². The molecule has 3 nitrogen and oxygen atoms in total. The molecule has 0 heterocycles. The summed E-state index contributed by atoms with van der Waals surface area (Å²) in [6.07, 6.45) is 0. The third kappa shape index (κ3) is 2.23. The molecule has 0 amide bonds. The largest absolute Gasteiger partial charge is 0.497 e. The summed E-state index contributed by atoms with van der Waals surface area (Å²) in [5.41, 5.74) is -0.0808. The van der Waals surface area contributed by atoms with Crippen molar-refractivity contribution in [1.82, 2.24) is 0 Å². The van der Waals surface area contributed by atoms with Gasteiger partial charge in [-0.05, 0) is 23.3 Å². The number of rotatable bonds is 4. The van der Waals surface area contributed by atoms with E-state index in [9.17, 15) is 10.2 Å². The molecule has 0 aliphatic heterocycles. The molecule has 0 saturated carbocycles. The van der Waals surface area contributed by atoms with Crippen molar-refractivity contribution >= 4 is 0 Å². The molecule has 0 aliphatic carbocycles. The second-order valence-electron chi connectivity index (χ2n) is 4.11. The summed E-state index contributed by atoms with van der Waals surface area (Å²) in [5, 5.41) is 20.2. The standard InChI is InChI=1S/C15H16O3/c1-18-14-9-7-13(8-10-14)15(17,11-16)12-5-3-2-4-6-12/h2-10,16-17H,11H2,1H3/t15-/m1/s1. The Kier molecular flexibility index (Phi) is 3.65. The molecule has 1 atom stereocenters. The van der Waals surface area contributed by atoms with E-state index in [0.717, 1.165) is 0 Å². The molecule has 2 aromatic rings. The maximum absolute atomic E-state index is 10.6. The fourth-order valence-electron chi connectivity index (χ4n) is 1.93. The number of hydrogen-bond acceptors (Lipinski definition) is 3. The van der Waals surface area contributed by atoms with Crippen molar-refractivity contribution in [1.29, 1.82) is 0 Å². The summed E-state index contributed by atoms with van der Waals surface area (Å²) in [7, 11) is 1.59. The Morgan fingerprint density at radius 1 is 0.944 bits per heavy atom. The van der Waals surface area contributed by atoms with Gasteiger partial charge in [-0.25, -0.2) is 0 Å². The predicted molar refractivity (Wildman–Crippen MR) is 69.5 cm³/mol. The monoisotopic (exact) mass is 244 g/mol. The van der Waals surface area contributed by atoms with Crippen LogP contribution in [0.2, 0.25) is 0 Å². The van der Waals surface area contributed by atoms with Gasteiger partial charge in [0.15, 0.2) is 0 Å². The molecule has 3 heteroatoms. The second kappa shape index (κ2) is 5.21. The fraction of sp³-hybridized carbons (Fsp3) is 0.200. The molecule has 0 saturated heterocycles. The molecular weight excluding hydrogens is 228 g/mol. The Morgan fingerprint density at radius 3 is 2.00 bits per heavy atom. The minimum atomic E-state index is -1.38. The van der Waals surface area contributed by atoms with Gasteiger partial charge in [-0.1, -0.05) is 42.5 Å². The average molecular weight is 244 g/mol. The highest BCUT2D eigenvalue weighted by molar-refractivity contribution is 5.38. The topological polar surface area (TPSA) is 49.7 Å². The Bertz CT molecular complexity index is 493. The Labute approximate surface area is 106 Å². The summed E-state index contributed by atoms with van der Waals surface area (Å²) in [6, 6.07) is 16.1. The predicted octanol–water partition coefficient (Wildman–Crippen LogP) is 1.92. The van der Waals surface area contributed by atoms with Gasteiger partial charge in [-0.3, -0.25) is 0 Å². The molecular formula is C15H16O3. The molecule has 0 bridgehead atoms. The molecule has 18 heavy (non-hydrogen) atoms. The van der Waals surface area contributed by atoms with Crippen molar-refractivity contribution in [3.63, 3.8) is 0 Å². The Morgan fingerprint density at radius 2 is 1.50 bits per heavy atom. The molecule has 2 rings (SSSR count). The number of hydrogen-bond donors (Lipinski definition) is 2. The maximum atomic E-state index is 10.6. The highest BCUT2D eigenvalue weighted by Gasteiger charge is 2.30. The van der Waals surface area contributed by atoms with Crippen LogP contribution in [0.5, 0.6) is 5.75 Å². The normalized spacial score (nSPS) is 13.9. The minimum Gasteiger partial charge on any atom is -0.497 e. The van der Waals surface area contributed by atoms with E-state index in [-0.39, 0.29) is 6.61 Å². The van der Waals surface area contributed by atoms with Crippen LogP contribution in [0.25, 0.3) is 0 Å². The number of ether oxygens (including phenoxy) is 1. The average Bonchev–Trinajstić information content (AvgIpc) is 2.47. The summed E-state index contributed by atoms with van der Waals surface area (Å²) in [5.74, 6) is 0.715. The van der Waals surface area contributed by atoms with Crippen LogP contribution in [0, 0.1) is 0 Å². The fourth-order valence-corrected chi connectivity index (χ4v) is 1.93. The molecule has 0 radical (unpaired) electrons. The van der Waals surface area contributed by atoms with Crippen LogP contribution in [-0.4, -0.2) is 23.9 Å². The zero-order chi connectivity index (χ0) is 13.0. The van der Waals surface area contributed by atoms with Gasteiger partial charge in [-0.2, -0.15) is 0 Å². The zero-order valence-corrected chi connectivity index (χ0v) is 10.2. The van der Waals surface area contributed by atoms with Gasteiger partial charge in [0.05, 0.1) is 13.7 Å². The van der Waals surface area contributed by atoms with Gasteiger partial charge < -0.3 is 14.9 Å². The molecule has 2 aromatic carbocycles. The van der Waals surface area contributed by atoms with E-state index in [1.54, 1.807) is 43.5 Å². The van der Waals surface area contributed by atoms with Crippen LogP contribution in [0.1, 0.15) is 11.1 Å². The molecule has 0 aromatic heterocycles. The smallest absolute Gasteiger partial charge is 0.138 e. The first-order valence-corrected chi connectivity index (χ1v) is 5.74. The lowest BCUT2D eigenvalue weighted by Gasteiger charge is -2.27. The van der Waals surface area contributed by atoms with E-state index < -0.39 is 5.60 Å². The first-order chi connectivity index (χ1) is 8.70. The van der Waals surface area contributed by atoms with Gasteiger partial charge in [0.1, 0.15) is 11.4 Å². The molecule has 0 unspecified atom stereocenters. The Balaban J connectivity index is 2.43. The quantitative estimate of drug-likeness (QED) is 0.864. The molecule has 0 fully saturated rings.